The van der Waals surface area contributed by atoms with Crippen LogP contribution in [0.2, 0.25) is 0 Å². The predicted octanol–water partition coefficient (Wildman–Crippen LogP) is 4.00. The largest absolute Gasteiger partial charge is 0.399 e. The molecule has 20 heavy (non-hydrogen) atoms. The molecule has 0 aromatic heterocycles. The molecule has 2 aromatic carbocycles. The van der Waals surface area contributed by atoms with Gasteiger partial charge < -0.3 is 10.6 Å². The summed E-state index contributed by atoms with van der Waals surface area (Å²) in [7, 11) is 0. The number of hydrogen-bond donors (Lipinski definition) is 1. The molecule has 0 saturated heterocycles. The topological polar surface area (TPSA) is 46.3 Å². The smallest absolute Gasteiger partial charge is 0.259 e. The quantitative estimate of drug-likeness (QED) is 0.742. The highest BCUT2D eigenvalue weighted by atomic mass is 79.9. The molecule has 0 bridgehead atoms. The highest BCUT2D eigenvalue weighted by Gasteiger charge is 2.26. The minimum atomic E-state index is 0.00731. The zero-order valence-corrected chi connectivity index (χ0v) is 13.7. The Labute approximate surface area is 134 Å². The highest BCUT2D eigenvalue weighted by Crippen LogP contribution is 2.32. The molecule has 2 aromatic rings. The number of benzene rings is 2. The minimum absolute atomic E-state index is 0.00731. The molecule has 2 N–H and O–H groups in total. The maximum Gasteiger partial charge on any atom is 0.259 e. The molecule has 1 heterocycles. The number of carbonyl (C=O) groups excluding carboxylic acids is 1. The van der Waals surface area contributed by atoms with Crippen molar-refractivity contribution in [3.8, 4) is 0 Å². The lowest BCUT2D eigenvalue weighted by atomic mass is 10.1. The van der Waals surface area contributed by atoms with Crippen molar-refractivity contribution in [2.75, 3.05) is 17.2 Å². The summed E-state index contributed by atoms with van der Waals surface area (Å²) in [6.07, 6.45) is 0.847. The zero-order chi connectivity index (χ0) is 14.3. The molecule has 1 aliphatic heterocycles. The molecular formula is C15H12Br2N2O. The maximum atomic E-state index is 12.7. The van der Waals surface area contributed by atoms with Crippen LogP contribution in [0.25, 0.3) is 0 Å². The lowest BCUT2D eigenvalue weighted by Gasteiger charge is -2.18. The van der Waals surface area contributed by atoms with Gasteiger partial charge in [-0.15, -0.1) is 0 Å². The Morgan fingerprint density at radius 3 is 2.70 bits per heavy atom. The predicted molar refractivity (Wildman–Crippen MR) is 88.1 cm³/mol. The van der Waals surface area contributed by atoms with Gasteiger partial charge in [0.15, 0.2) is 0 Å². The van der Waals surface area contributed by atoms with Gasteiger partial charge in [0.25, 0.3) is 5.91 Å². The summed E-state index contributed by atoms with van der Waals surface area (Å²) in [4.78, 5) is 14.5. The van der Waals surface area contributed by atoms with Crippen LogP contribution in [0.3, 0.4) is 0 Å². The first-order valence-corrected chi connectivity index (χ1v) is 7.80. The first-order chi connectivity index (χ1) is 9.56. The number of hydrogen-bond acceptors (Lipinski definition) is 2. The fraction of sp³-hybridized carbons (Fsp3) is 0.133. The van der Waals surface area contributed by atoms with Crippen LogP contribution in [0.15, 0.2) is 45.3 Å². The SMILES string of the molecule is Nc1ccc2c(c1)CCN2C(=O)c1ccc(Br)cc1Br. The standard InChI is InChI=1S/C15H12Br2N2O/c16-10-1-3-12(13(17)8-10)15(20)19-6-5-9-7-11(18)2-4-14(9)19/h1-4,7-8H,5-6,18H2. The third-order valence-corrected chi connectivity index (χ3v) is 4.56. The van der Waals surface area contributed by atoms with E-state index in [0.717, 1.165) is 32.3 Å². The zero-order valence-electron chi connectivity index (χ0n) is 10.6. The Kier molecular flexibility index (Phi) is 3.56. The molecule has 0 radical (unpaired) electrons. The minimum Gasteiger partial charge on any atom is -0.399 e. The second-order valence-corrected chi connectivity index (χ2v) is 6.49. The highest BCUT2D eigenvalue weighted by molar-refractivity contribution is 9.11. The first-order valence-electron chi connectivity index (χ1n) is 6.21. The van der Waals surface area contributed by atoms with Gasteiger partial charge >= 0.3 is 0 Å². The van der Waals surface area contributed by atoms with E-state index in [-0.39, 0.29) is 5.91 Å². The van der Waals surface area contributed by atoms with Gasteiger partial charge in [0, 0.05) is 26.9 Å². The molecular weight excluding hydrogens is 384 g/mol. The van der Waals surface area contributed by atoms with Gasteiger partial charge in [0.05, 0.1) is 5.56 Å². The average Bonchev–Trinajstić information content (AvgIpc) is 2.80. The van der Waals surface area contributed by atoms with E-state index < -0.39 is 0 Å². The molecule has 102 valence electrons. The van der Waals surface area contributed by atoms with Crippen LogP contribution in [0.5, 0.6) is 0 Å². The Bertz CT molecular complexity index is 700. The molecule has 0 spiro atoms. The van der Waals surface area contributed by atoms with E-state index in [4.69, 9.17) is 5.73 Å². The third-order valence-electron chi connectivity index (χ3n) is 3.41. The molecule has 3 nitrogen and oxygen atoms in total. The van der Waals surface area contributed by atoms with Gasteiger partial charge in [-0.3, -0.25) is 4.79 Å². The van der Waals surface area contributed by atoms with Crippen molar-refractivity contribution in [3.63, 3.8) is 0 Å². The van der Waals surface area contributed by atoms with E-state index >= 15 is 0 Å². The second-order valence-electron chi connectivity index (χ2n) is 4.72. The van der Waals surface area contributed by atoms with E-state index in [9.17, 15) is 4.79 Å². The van der Waals surface area contributed by atoms with Crippen molar-refractivity contribution in [2.45, 2.75) is 6.42 Å². The summed E-state index contributed by atoms with van der Waals surface area (Å²) in [5.41, 5.74) is 9.28. The fourth-order valence-electron chi connectivity index (χ4n) is 2.44. The molecule has 1 amide bonds. The van der Waals surface area contributed by atoms with E-state index in [1.807, 2.05) is 41.3 Å². The maximum absolute atomic E-state index is 12.7. The summed E-state index contributed by atoms with van der Waals surface area (Å²) >= 11 is 6.84. The van der Waals surface area contributed by atoms with E-state index in [1.54, 1.807) is 0 Å². The summed E-state index contributed by atoms with van der Waals surface area (Å²) in [5, 5.41) is 0. The van der Waals surface area contributed by atoms with Crippen LogP contribution in [0.4, 0.5) is 11.4 Å². The Morgan fingerprint density at radius 1 is 1.15 bits per heavy atom. The van der Waals surface area contributed by atoms with Gasteiger partial charge in [0.1, 0.15) is 0 Å². The first kappa shape index (κ1) is 13.6. The lowest BCUT2D eigenvalue weighted by molar-refractivity contribution is 0.0988. The number of halogens is 2. The van der Waals surface area contributed by atoms with Crippen LogP contribution in [-0.4, -0.2) is 12.5 Å². The molecule has 1 aliphatic rings. The molecule has 0 saturated carbocycles. The number of carbonyl (C=O) groups is 1. The summed E-state index contributed by atoms with van der Waals surface area (Å²) in [5.74, 6) is 0.00731. The van der Waals surface area contributed by atoms with Crippen molar-refractivity contribution in [2.24, 2.45) is 0 Å². The van der Waals surface area contributed by atoms with Crippen molar-refractivity contribution in [1.82, 2.24) is 0 Å². The summed E-state index contributed by atoms with van der Waals surface area (Å²) in [6.45, 7) is 0.695. The average molecular weight is 396 g/mol. The van der Waals surface area contributed by atoms with Crippen molar-refractivity contribution >= 4 is 49.1 Å². The van der Waals surface area contributed by atoms with Crippen LogP contribution in [0, 0.1) is 0 Å². The van der Waals surface area contributed by atoms with Crippen molar-refractivity contribution < 1.29 is 4.79 Å². The molecule has 0 unspecified atom stereocenters. The van der Waals surface area contributed by atoms with Gasteiger partial charge in [-0.25, -0.2) is 0 Å². The van der Waals surface area contributed by atoms with Gasteiger partial charge in [-0.05, 0) is 64.3 Å². The second kappa shape index (κ2) is 5.22. The monoisotopic (exact) mass is 394 g/mol. The molecule has 3 rings (SSSR count). The van der Waals surface area contributed by atoms with Crippen molar-refractivity contribution in [1.29, 1.82) is 0 Å². The number of amides is 1. The van der Waals surface area contributed by atoms with Crippen LogP contribution >= 0.6 is 31.9 Å². The van der Waals surface area contributed by atoms with Crippen molar-refractivity contribution in [3.05, 3.63) is 56.5 Å². The Morgan fingerprint density at radius 2 is 1.95 bits per heavy atom. The number of fused-ring (bicyclic) bond motifs is 1. The molecule has 5 heteroatoms. The molecule has 0 atom stereocenters. The Hall–Kier alpha value is -1.33. The van der Waals surface area contributed by atoms with E-state index in [0.29, 0.717) is 12.1 Å². The molecule has 0 aliphatic carbocycles. The number of anilines is 2. The van der Waals surface area contributed by atoms with Gasteiger partial charge in [-0.2, -0.15) is 0 Å². The third kappa shape index (κ3) is 2.36. The Balaban J connectivity index is 1.97. The summed E-state index contributed by atoms with van der Waals surface area (Å²) in [6, 6.07) is 11.3. The van der Waals surface area contributed by atoms with E-state index in [1.165, 1.54) is 0 Å². The molecule has 0 fully saturated rings. The van der Waals surface area contributed by atoms with Crippen LogP contribution in [0.1, 0.15) is 15.9 Å². The fourth-order valence-corrected chi connectivity index (χ4v) is 3.66. The van der Waals surface area contributed by atoms with Gasteiger partial charge in [0.2, 0.25) is 0 Å². The number of nitrogens with two attached hydrogens (primary N) is 1. The number of nitrogens with zero attached hydrogens (tertiary/aromatic N) is 1. The number of rotatable bonds is 1. The number of nitrogen functional groups attached to an aromatic ring is 1. The van der Waals surface area contributed by atoms with Gasteiger partial charge in [-0.1, -0.05) is 15.9 Å². The van der Waals surface area contributed by atoms with Crippen LogP contribution in [-0.2, 0) is 6.42 Å². The summed E-state index contributed by atoms with van der Waals surface area (Å²) < 4.78 is 1.73. The lowest BCUT2D eigenvalue weighted by Crippen LogP contribution is -2.29. The normalized spacial score (nSPS) is 13.4. The van der Waals surface area contributed by atoms with Crippen LogP contribution < -0.4 is 10.6 Å². The van der Waals surface area contributed by atoms with E-state index in [2.05, 4.69) is 31.9 Å².